The van der Waals surface area contributed by atoms with Gasteiger partial charge in [-0.1, -0.05) is 30.3 Å². The van der Waals surface area contributed by atoms with Crippen molar-refractivity contribution < 1.29 is 4.79 Å². The monoisotopic (exact) mass is 398 g/mol. The molecule has 1 amide bonds. The molecule has 3 heterocycles. The van der Waals surface area contributed by atoms with E-state index >= 15 is 0 Å². The molecular weight excluding hydrogens is 360 g/mol. The normalized spacial score (nSPS) is 27.8. The van der Waals surface area contributed by atoms with Crippen LogP contribution in [0.4, 0.5) is 0 Å². The van der Waals surface area contributed by atoms with Gasteiger partial charge in [0.25, 0.3) is 0 Å². The number of amides is 1. The van der Waals surface area contributed by atoms with E-state index < -0.39 is 0 Å². The van der Waals surface area contributed by atoms with Gasteiger partial charge in [-0.3, -0.25) is 9.69 Å². The average molecular weight is 399 g/mol. The molecule has 160 valence electrons. The third kappa shape index (κ3) is 5.80. The van der Waals surface area contributed by atoms with Crippen molar-refractivity contribution in [2.24, 2.45) is 11.8 Å². The van der Waals surface area contributed by atoms with E-state index in [0.717, 1.165) is 71.9 Å². The van der Waals surface area contributed by atoms with Crippen LogP contribution in [0.3, 0.4) is 0 Å². The van der Waals surface area contributed by atoms with Crippen molar-refractivity contribution in [3.63, 3.8) is 0 Å². The molecule has 3 saturated heterocycles. The van der Waals surface area contributed by atoms with E-state index in [1.807, 2.05) is 0 Å². The van der Waals surface area contributed by atoms with Gasteiger partial charge in [0, 0.05) is 65.4 Å². The lowest BCUT2D eigenvalue weighted by Crippen LogP contribution is -2.52. The molecule has 1 aromatic rings. The highest BCUT2D eigenvalue weighted by molar-refractivity contribution is 5.79. The summed E-state index contributed by atoms with van der Waals surface area (Å²) in [5.74, 6) is 1.18. The summed E-state index contributed by atoms with van der Waals surface area (Å²) >= 11 is 0. The number of carbonyl (C=O) groups is 1. The number of benzene rings is 1. The van der Waals surface area contributed by atoms with Crippen molar-refractivity contribution in [3.05, 3.63) is 35.9 Å². The van der Waals surface area contributed by atoms with E-state index in [1.165, 1.54) is 24.8 Å². The smallest absolute Gasteiger partial charge is 0.226 e. The molecule has 0 radical (unpaired) electrons. The fourth-order valence-electron chi connectivity index (χ4n) is 5.35. The molecular formula is C24H38N4O. The Morgan fingerprint density at radius 1 is 0.897 bits per heavy atom. The Morgan fingerprint density at radius 2 is 1.62 bits per heavy atom. The fraction of sp³-hybridized carbons (Fsp3) is 0.708. The van der Waals surface area contributed by atoms with Crippen molar-refractivity contribution in [3.8, 4) is 0 Å². The maximum atomic E-state index is 13.3. The summed E-state index contributed by atoms with van der Waals surface area (Å²) in [6.45, 7) is 10.7. The summed E-state index contributed by atoms with van der Waals surface area (Å²) in [6, 6.07) is 10.8. The summed E-state index contributed by atoms with van der Waals surface area (Å²) in [4.78, 5) is 23.1. The zero-order valence-electron chi connectivity index (χ0n) is 18.1. The number of piperazine rings is 1. The molecule has 0 spiro atoms. The first kappa shape index (κ1) is 20.8. The molecule has 29 heavy (non-hydrogen) atoms. The van der Waals surface area contributed by atoms with Gasteiger partial charge in [-0.05, 0) is 44.2 Å². The number of carbonyl (C=O) groups excluding carboxylic acids is 1. The van der Waals surface area contributed by atoms with E-state index in [2.05, 4.69) is 57.0 Å². The second kappa shape index (κ2) is 10.1. The predicted molar refractivity (Wildman–Crippen MR) is 118 cm³/mol. The molecule has 1 aromatic carbocycles. The number of nitrogens with zero attached hydrogens (tertiary/aromatic N) is 4. The summed E-state index contributed by atoms with van der Waals surface area (Å²) < 4.78 is 0. The first-order valence-corrected chi connectivity index (χ1v) is 11.6. The molecule has 0 aromatic heterocycles. The second-order valence-corrected chi connectivity index (χ2v) is 9.47. The lowest BCUT2D eigenvalue weighted by Gasteiger charge is -2.42. The summed E-state index contributed by atoms with van der Waals surface area (Å²) in [7, 11) is 2.22. The Morgan fingerprint density at radius 3 is 2.34 bits per heavy atom. The van der Waals surface area contributed by atoms with Crippen molar-refractivity contribution in [1.29, 1.82) is 0 Å². The topological polar surface area (TPSA) is 30.0 Å². The number of piperidine rings is 2. The molecule has 0 saturated carbocycles. The van der Waals surface area contributed by atoms with E-state index in [1.54, 1.807) is 0 Å². The molecule has 3 aliphatic rings. The molecule has 0 aliphatic carbocycles. The average Bonchev–Trinajstić information content (AvgIpc) is 2.76. The molecule has 0 N–H and O–H groups in total. The maximum Gasteiger partial charge on any atom is 0.226 e. The van der Waals surface area contributed by atoms with Crippen molar-refractivity contribution >= 4 is 5.91 Å². The van der Waals surface area contributed by atoms with E-state index in [9.17, 15) is 4.79 Å². The van der Waals surface area contributed by atoms with Crippen LogP contribution in [0.2, 0.25) is 0 Å². The summed E-state index contributed by atoms with van der Waals surface area (Å²) in [5, 5.41) is 0. The van der Waals surface area contributed by atoms with Gasteiger partial charge in [0.2, 0.25) is 5.91 Å². The highest BCUT2D eigenvalue weighted by Crippen LogP contribution is 2.27. The van der Waals surface area contributed by atoms with Crippen LogP contribution in [-0.4, -0.2) is 91.5 Å². The van der Waals surface area contributed by atoms with E-state index in [-0.39, 0.29) is 5.92 Å². The van der Waals surface area contributed by atoms with Gasteiger partial charge in [-0.2, -0.15) is 0 Å². The van der Waals surface area contributed by atoms with Crippen LogP contribution in [0.1, 0.15) is 31.2 Å². The van der Waals surface area contributed by atoms with E-state index in [0.29, 0.717) is 11.8 Å². The quantitative estimate of drug-likeness (QED) is 0.762. The van der Waals surface area contributed by atoms with Crippen molar-refractivity contribution in [2.75, 3.05) is 66.0 Å². The molecule has 5 nitrogen and oxygen atoms in total. The molecule has 3 aliphatic heterocycles. The molecule has 5 heteroatoms. The SMILES string of the molecule is CN1CCN(C[C@H]2C[C@@H](C(=O)N3CCCCC3)CN(Cc3ccccc3)C2)CC1. The van der Waals surface area contributed by atoms with Gasteiger partial charge in [0.05, 0.1) is 5.92 Å². The standard InChI is InChI=1S/C24H38N4O/c1-25-12-14-26(15-13-25)18-22-16-23(24(29)28-10-6-3-7-11-28)20-27(19-22)17-21-8-4-2-5-9-21/h2,4-5,8-9,22-23H,3,6-7,10-20H2,1H3/t22-,23-/m1/s1. The second-order valence-electron chi connectivity index (χ2n) is 9.47. The van der Waals surface area contributed by atoms with E-state index in [4.69, 9.17) is 0 Å². The molecule has 4 rings (SSSR count). The van der Waals surface area contributed by atoms with Crippen molar-refractivity contribution in [1.82, 2.24) is 19.6 Å². The summed E-state index contributed by atoms with van der Waals surface area (Å²) in [6.07, 6.45) is 4.70. The van der Waals surface area contributed by atoms with Crippen LogP contribution < -0.4 is 0 Å². The third-order valence-corrected chi connectivity index (χ3v) is 6.99. The molecule has 0 bridgehead atoms. The first-order valence-electron chi connectivity index (χ1n) is 11.6. The van der Waals surface area contributed by atoms with Crippen LogP contribution in [0, 0.1) is 11.8 Å². The molecule has 2 atom stereocenters. The molecule has 0 unspecified atom stereocenters. The maximum absolute atomic E-state index is 13.3. The zero-order valence-corrected chi connectivity index (χ0v) is 18.1. The Labute approximate surface area is 176 Å². The third-order valence-electron chi connectivity index (χ3n) is 6.99. The lowest BCUT2D eigenvalue weighted by molar-refractivity contribution is -0.139. The lowest BCUT2D eigenvalue weighted by atomic mass is 9.87. The minimum atomic E-state index is 0.169. The highest BCUT2D eigenvalue weighted by atomic mass is 16.2. The van der Waals surface area contributed by atoms with Crippen LogP contribution >= 0.6 is 0 Å². The van der Waals surface area contributed by atoms with Gasteiger partial charge in [-0.15, -0.1) is 0 Å². The van der Waals surface area contributed by atoms with Gasteiger partial charge in [0.1, 0.15) is 0 Å². The van der Waals surface area contributed by atoms with Crippen LogP contribution in [0.15, 0.2) is 30.3 Å². The zero-order chi connectivity index (χ0) is 20.1. The largest absolute Gasteiger partial charge is 0.342 e. The number of hydrogen-bond donors (Lipinski definition) is 0. The van der Waals surface area contributed by atoms with Crippen LogP contribution in [0.25, 0.3) is 0 Å². The Kier molecular flexibility index (Phi) is 7.22. The summed E-state index contributed by atoms with van der Waals surface area (Å²) in [5.41, 5.74) is 1.36. The fourth-order valence-corrected chi connectivity index (χ4v) is 5.35. The highest BCUT2D eigenvalue weighted by Gasteiger charge is 2.35. The molecule has 3 fully saturated rings. The number of rotatable bonds is 5. The minimum Gasteiger partial charge on any atom is -0.342 e. The number of likely N-dealkylation sites (tertiary alicyclic amines) is 2. The van der Waals surface area contributed by atoms with Gasteiger partial charge < -0.3 is 14.7 Å². The van der Waals surface area contributed by atoms with Crippen LogP contribution in [0.5, 0.6) is 0 Å². The van der Waals surface area contributed by atoms with Gasteiger partial charge in [-0.25, -0.2) is 0 Å². The van der Waals surface area contributed by atoms with Gasteiger partial charge in [0.15, 0.2) is 0 Å². The Hall–Kier alpha value is -1.43. The Bertz CT molecular complexity index is 638. The first-order chi connectivity index (χ1) is 14.2. The van der Waals surface area contributed by atoms with Crippen molar-refractivity contribution in [2.45, 2.75) is 32.2 Å². The number of hydrogen-bond acceptors (Lipinski definition) is 4. The van der Waals surface area contributed by atoms with Crippen LogP contribution in [-0.2, 0) is 11.3 Å². The van der Waals surface area contributed by atoms with Gasteiger partial charge >= 0.3 is 0 Å². The minimum absolute atomic E-state index is 0.169. The Balaban J connectivity index is 1.41. The number of likely N-dealkylation sites (N-methyl/N-ethyl adjacent to an activating group) is 1. The predicted octanol–water partition coefficient (Wildman–Crippen LogP) is 2.38.